The zero-order valence-electron chi connectivity index (χ0n) is 11.2. The molecule has 2 rings (SSSR count). The molecule has 0 aliphatic rings. The van der Waals surface area contributed by atoms with Gasteiger partial charge in [-0.3, -0.25) is 0 Å². The minimum absolute atomic E-state index is 0.202. The van der Waals surface area contributed by atoms with Crippen LogP contribution in [0.1, 0.15) is 6.92 Å². The van der Waals surface area contributed by atoms with Gasteiger partial charge in [-0.25, -0.2) is 18.1 Å². The van der Waals surface area contributed by atoms with Crippen molar-refractivity contribution in [2.45, 2.75) is 11.8 Å². The fourth-order valence-electron chi connectivity index (χ4n) is 1.76. The van der Waals surface area contributed by atoms with Crippen molar-refractivity contribution in [3.05, 3.63) is 30.3 Å². The molecule has 0 bridgehead atoms. The quantitative estimate of drug-likeness (QED) is 0.779. The van der Waals surface area contributed by atoms with Crippen LogP contribution < -0.4 is 10.5 Å². The summed E-state index contributed by atoms with van der Waals surface area (Å²) in [4.78, 5) is 4.33. The highest BCUT2D eigenvalue weighted by Crippen LogP contribution is 2.18. The number of anilines is 1. The van der Waals surface area contributed by atoms with Crippen molar-refractivity contribution in [2.24, 2.45) is 0 Å². The second-order valence-corrected chi connectivity index (χ2v) is 5.95. The smallest absolute Gasteiger partial charge is 0.240 e. The maximum Gasteiger partial charge on any atom is 0.240 e. The Morgan fingerprint density at radius 2 is 2.10 bits per heavy atom. The van der Waals surface area contributed by atoms with Gasteiger partial charge in [-0.05, 0) is 37.3 Å². The van der Waals surface area contributed by atoms with E-state index >= 15 is 0 Å². The van der Waals surface area contributed by atoms with Gasteiger partial charge in [-0.1, -0.05) is 0 Å². The number of pyridine rings is 1. The Labute approximate surface area is 118 Å². The van der Waals surface area contributed by atoms with Gasteiger partial charge < -0.3 is 10.5 Å². The molecule has 3 N–H and O–H groups in total. The second-order valence-electron chi connectivity index (χ2n) is 4.19. The van der Waals surface area contributed by atoms with Gasteiger partial charge in [0, 0.05) is 18.5 Å². The summed E-state index contributed by atoms with van der Waals surface area (Å²) >= 11 is 0. The van der Waals surface area contributed by atoms with Gasteiger partial charge in [0.15, 0.2) is 0 Å². The van der Waals surface area contributed by atoms with Gasteiger partial charge in [-0.2, -0.15) is 0 Å². The van der Waals surface area contributed by atoms with Crippen LogP contribution in [-0.4, -0.2) is 33.2 Å². The summed E-state index contributed by atoms with van der Waals surface area (Å²) < 4.78 is 31.8. The van der Waals surface area contributed by atoms with Crippen molar-refractivity contribution in [2.75, 3.05) is 25.5 Å². The van der Waals surface area contributed by atoms with E-state index in [-0.39, 0.29) is 11.4 Å². The minimum Gasteiger partial charge on any atom is -0.384 e. The molecule has 0 saturated carbocycles. The first-order chi connectivity index (χ1) is 9.53. The van der Waals surface area contributed by atoms with Crippen molar-refractivity contribution < 1.29 is 13.2 Å². The number of sulfonamides is 1. The van der Waals surface area contributed by atoms with E-state index < -0.39 is 10.0 Å². The van der Waals surface area contributed by atoms with Crippen molar-refractivity contribution in [3.63, 3.8) is 0 Å². The molecule has 1 aromatic carbocycles. The number of nitrogens with two attached hydrogens (primary N) is 1. The molecule has 0 aliphatic heterocycles. The summed E-state index contributed by atoms with van der Waals surface area (Å²) in [6.45, 7) is 3.01. The van der Waals surface area contributed by atoms with Gasteiger partial charge in [0.05, 0.1) is 17.0 Å². The van der Waals surface area contributed by atoms with Crippen molar-refractivity contribution >= 4 is 26.7 Å². The van der Waals surface area contributed by atoms with Crippen LogP contribution in [0.2, 0.25) is 0 Å². The molecule has 108 valence electrons. The first kappa shape index (κ1) is 14.7. The van der Waals surface area contributed by atoms with Crippen LogP contribution >= 0.6 is 0 Å². The van der Waals surface area contributed by atoms with Gasteiger partial charge in [0.1, 0.15) is 5.82 Å². The molecule has 0 aliphatic carbocycles. The molecule has 1 heterocycles. The standard InChI is InChI=1S/C13H17N3O3S/c1-2-19-8-7-15-20(17,18)11-4-5-12-10(9-11)3-6-13(14)16-12/h3-6,9,15H,2,7-8H2,1H3,(H2,14,16). The van der Waals surface area contributed by atoms with Gasteiger partial charge >= 0.3 is 0 Å². The van der Waals surface area contributed by atoms with E-state index in [0.29, 0.717) is 24.5 Å². The van der Waals surface area contributed by atoms with Gasteiger partial charge in [0.25, 0.3) is 0 Å². The molecule has 0 atom stereocenters. The maximum atomic E-state index is 12.1. The lowest BCUT2D eigenvalue weighted by Gasteiger charge is -2.08. The lowest BCUT2D eigenvalue weighted by atomic mass is 10.2. The molecule has 7 heteroatoms. The van der Waals surface area contributed by atoms with Gasteiger partial charge in [-0.15, -0.1) is 0 Å². The summed E-state index contributed by atoms with van der Waals surface area (Å²) in [6, 6.07) is 8.11. The number of nitrogen functional groups attached to an aromatic ring is 1. The molecule has 6 nitrogen and oxygen atoms in total. The lowest BCUT2D eigenvalue weighted by molar-refractivity contribution is 0.153. The molecular weight excluding hydrogens is 278 g/mol. The number of aromatic nitrogens is 1. The Hall–Kier alpha value is -1.70. The normalized spacial score (nSPS) is 11.8. The third-order valence-corrected chi connectivity index (χ3v) is 4.19. The van der Waals surface area contributed by atoms with E-state index in [9.17, 15) is 8.42 Å². The maximum absolute atomic E-state index is 12.1. The number of hydrogen-bond acceptors (Lipinski definition) is 5. The minimum atomic E-state index is -3.53. The Morgan fingerprint density at radius 1 is 1.30 bits per heavy atom. The van der Waals surface area contributed by atoms with Crippen molar-refractivity contribution in [1.29, 1.82) is 0 Å². The Balaban J connectivity index is 2.21. The zero-order chi connectivity index (χ0) is 14.6. The highest BCUT2D eigenvalue weighted by atomic mass is 32.2. The van der Waals surface area contributed by atoms with Crippen LogP contribution in [0.5, 0.6) is 0 Å². The summed E-state index contributed by atoms with van der Waals surface area (Å²) in [5, 5.41) is 0.729. The predicted molar refractivity (Wildman–Crippen MR) is 77.8 cm³/mol. The van der Waals surface area contributed by atoms with Crippen molar-refractivity contribution in [3.8, 4) is 0 Å². The summed E-state index contributed by atoms with van der Waals surface area (Å²) in [5.74, 6) is 0.406. The van der Waals surface area contributed by atoms with E-state index in [0.717, 1.165) is 5.39 Å². The monoisotopic (exact) mass is 295 g/mol. The third kappa shape index (κ3) is 3.44. The highest BCUT2D eigenvalue weighted by Gasteiger charge is 2.13. The van der Waals surface area contributed by atoms with Crippen LogP contribution in [0.3, 0.4) is 0 Å². The molecule has 0 unspecified atom stereocenters. The molecule has 0 saturated heterocycles. The van der Waals surface area contributed by atoms with E-state index in [1.54, 1.807) is 24.3 Å². The topological polar surface area (TPSA) is 94.3 Å². The number of fused-ring (bicyclic) bond motifs is 1. The third-order valence-electron chi connectivity index (χ3n) is 2.74. The number of ether oxygens (including phenoxy) is 1. The van der Waals surface area contributed by atoms with E-state index in [1.807, 2.05) is 6.92 Å². The van der Waals surface area contributed by atoms with Crippen LogP contribution in [0.4, 0.5) is 5.82 Å². The van der Waals surface area contributed by atoms with E-state index in [2.05, 4.69) is 9.71 Å². The van der Waals surface area contributed by atoms with E-state index in [4.69, 9.17) is 10.5 Å². The number of hydrogen-bond donors (Lipinski definition) is 2. The predicted octanol–water partition coefficient (Wildman–Crippen LogP) is 1.13. The van der Waals surface area contributed by atoms with Crippen LogP contribution in [0, 0.1) is 0 Å². The molecule has 0 amide bonds. The Kier molecular flexibility index (Phi) is 4.53. The molecular formula is C13H17N3O3S. The molecule has 0 spiro atoms. The molecule has 1 aromatic heterocycles. The first-order valence-corrected chi connectivity index (χ1v) is 7.75. The molecule has 2 aromatic rings. The van der Waals surface area contributed by atoms with Gasteiger partial charge in [0.2, 0.25) is 10.0 Å². The fourth-order valence-corrected chi connectivity index (χ4v) is 2.81. The van der Waals surface area contributed by atoms with Crippen molar-refractivity contribution in [1.82, 2.24) is 9.71 Å². The lowest BCUT2D eigenvalue weighted by Crippen LogP contribution is -2.27. The summed E-state index contributed by atoms with van der Waals surface area (Å²) in [6.07, 6.45) is 0. The number of rotatable bonds is 6. The Bertz CT molecular complexity index is 701. The fraction of sp³-hybridized carbons (Fsp3) is 0.308. The highest BCUT2D eigenvalue weighted by molar-refractivity contribution is 7.89. The first-order valence-electron chi connectivity index (χ1n) is 6.26. The number of nitrogens with one attached hydrogen (secondary N) is 1. The number of benzene rings is 1. The van der Waals surface area contributed by atoms with Crippen LogP contribution in [0.15, 0.2) is 35.2 Å². The molecule has 0 fully saturated rings. The second kappa shape index (κ2) is 6.17. The summed E-state index contributed by atoms with van der Waals surface area (Å²) in [5.41, 5.74) is 6.25. The Morgan fingerprint density at radius 3 is 2.85 bits per heavy atom. The van der Waals surface area contributed by atoms with E-state index in [1.165, 1.54) is 6.07 Å². The zero-order valence-corrected chi connectivity index (χ0v) is 12.0. The number of nitrogens with zero attached hydrogens (tertiary/aromatic N) is 1. The molecule has 0 radical (unpaired) electrons. The van der Waals surface area contributed by atoms with Crippen LogP contribution in [0.25, 0.3) is 10.9 Å². The summed E-state index contributed by atoms with van der Waals surface area (Å²) in [7, 11) is -3.53. The average molecular weight is 295 g/mol. The van der Waals surface area contributed by atoms with Crippen LogP contribution in [-0.2, 0) is 14.8 Å². The largest absolute Gasteiger partial charge is 0.384 e. The SMILES string of the molecule is CCOCCNS(=O)(=O)c1ccc2nc(N)ccc2c1. The average Bonchev–Trinajstić information content (AvgIpc) is 2.43. The molecule has 20 heavy (non-hydrogen) atoms.